The zero-order valence-electron chi connectivity index (χ0n) is 13.6. The molecule has 1 aliphatic heterocycles. The van der Waals surface area contributed by atoms with Gasteiger partial charge < -0.3 is 10.1 Å². The first-order chi connectivity index (χ1) is 11.1. The highest BCUT2D eigenvalue weighted by molar-refractivity contribution is 5.82. The molecular formula is C18H25FN2O2. The SMILES string of the molecule is C[C@H](CNC(=O)[C@@H](C1CC1)N1CCCC1)Oc1ccc(F)cc1. The molecule has 4 nitrogen and oxygen atoms in total. The van der Waals surface area contributed by atoms with Gasteiger partial charge in [-0.3, -0.25) is 9.69 Å². The van der Waals surface area contributed by atoms with Gasteiger partial charge in [-0.1, -0.05) is 0 Å². The van der Waals surface area contributed by atoms with Gasteiger partial charge in [0.05, 0.1) is 12.6 Å². The summed E-state index contributed by atoms with van der Waals surface area (Å²) in [4.78, 5) is 14.9. The minimum Gasteiger partial charge on any atom is -0.489 e. The third-order valence-corrected chi connectivity index (χ3v) is 4.59. The summed E-state index contributed by atoms with van der Waals surface area (Å²) in [5.41, 5.74) is 0. The van der Waals surface area contributed by atoms with Crippen molar-refractivity contribution in [3.63, 3.8) is 0 Å². The first kappa shape index (κ1) is 16.2. The van der Waals surface area contributed by atoms with Crippen LogP contribution in [-0.4, -0.2) is 42.6 Å². The van der Waals surface area contributed by atoms with Crippen molar-refractivity contribution in [2.24, 2.45) is 5.92 Å². The van der Waals surface area contributed by atoms with Gasteiger partial charge in [0.2, 0.25) is 5.91 Å². The second-order valence-corrected chi connectivity index (χ2v) is 6.65. The fraction of sp³-hybridized carbons (Fsp3) is 0.611. The summed E-state index contributed by atoms with van der Waals surface area (Å²) in [5, 5.41) is 3.03. The van der Waals surface area contributed by atoms with E-state index in [1.54, 1.807) is 12.1 Å². The smallest absolute Gasteiger partial charge is 0.237 e. The minimum atomic E-state index is -0.281. The number of benzene rings is 1. The monoisotopic (exact) mass is 320 g/mol. The molecule has 1 heterocycles. The van der Waals surface area contributed by atoms with Crippen LogP contribution in [0.15, 0.2) is 24.3 Å². The molecule has 2 aliphatic rings. The highest BCUT2D eigenvalue weighted by atomic mass is 19.1. The molecular weight excluding hydrogens is 295 g/mol. The summed E-state index contributed by atoms with van der Waals surface area (Å²) < 4.78 is 18.6. The molecule has 1 N–H and O–H groups in total. The first-order valence-corrected chi connectivity index (χ1v) is 8.57. The highest BCUT2D eigenvalue weighted by Crippen LogP contribution is 2.36. The van der Waals surface area contributed by atoms with Gasteiger partial charge in [0.15, 0.2) is 0 Å². The highest BCUT2D eigenvalue weighted by Gasteiger charge is 2.40. The van der Waals surface area contributed by atoms with Crippen LogP contribution < -0.4 is 10.1 Å². The molecule has 1 saturated carbocycles. The first-order valence-electron chi connectivity index (χ1n) is 8.57. The number of hydrogen-bond acceptors (Lipinski definition) is 3. The molecule has 126 valence electrons. The molecule has 0 radical (unpaired) electrons. The van der Waals surface area contributed by atoms with Crippen molar-refractivity contribution in [3.8, 4) is 5.75 Å². The topological polar surface area (TPSA) is 41.6 Å². The van der Waals surface area contributed by atoms with Crippen molar-refractivity contribution in [2.75, 3.05) is 19.6 Å². The van der Waals surface area contributed by atoms with Crippen LogP contribution in [0.1, 0.15) is 32.6 Å². The van der Waals surface area contributed by atoms with E-state index in [1.807, 2.05) is 6.92 Å². The summed E-state index contributed by atoms with van der Waals surface area (Å²) in [6.45, 7) is 4.45. The molecule has 1 amide bonds. The molecule has 1 aromatic rings. The summed E-state index contributed by atoms with van der Waals surface area (Å²) in [5.74, 6) is 0.994. The lowest BCUT2D eigenvalue weighted by Crippen LogP contribution is -2.49. The number of carbonyl (C=O) groups excluding carboxylic acids is 1. The van der Waals surface area contributed by atoms with E-state index in [9.17, 15) is 9.18 Å². The Hall–Kier alpha value is -1.62. The summed E-state index contributed by atoms with van der Waals surface area (Å²) >= 11 is 0. The van der Waals surface area contributed by atoms with Crippen LogP contribution >= 0.6 is 0 Å². The van der Waals surface area contributed by atoms with E-state index >= 15 is 0 Å². The Morgan fingerprint density at radius 2 is 1.96 bits per heavy atom. The Bertz CT molecular complexity index is 524. The van der Waals surface area contributed by atoms with E-state index in [-0.39, 0.29) is 23.9 Å². The largest absolute Gasteiger partial charge is 0.489 e. The molecule has 1 aliphatic carbocycles. The Kier molecular flexibility index (Phi) is 5.16. The van der Waals surface area contributed by atoms with Crippen molar-refractivity contribution >= 4 is 5.91 Å². The van der Waals surface area contributed by atoms with Gasteiger partial charge in [0.25, 0.3) is 0 Å². The number of likely N-dealkylation sites (tertiary alicyclic amines) is 1. The normalized spacial score (nSPS) is 21.0. The van der Waals surface area contributed by atoms with Crippen molar-refractivity contribution in [1.82, 2.24) is 10.2 Å². The Labute approximate surface area is 137 Å². The lowest BCUT2D eigenvalue weighted by molar-refractivity contribution is -0.127. The minimum absolute atomic E-state index is 0.0375. The molecule has 2 atom stereocenters. The molecule has 0 spiro atoms. The summed E-state index contributed by atoms with van der Waals surface area (Å²) in [6.07, 6.45) is 4.57. The molecule has 3 rings (SSSR count). The Morgan fingerprint density at radius 1 is 1.30 bits per heavy atom. The molecule has 5 heteroatoms. The number of carbonyl (C=O) groups is 1. The summed E-state index contributed by atoms with van der Waals surface area (Å²) in [6, 6.07) is 5.99. The van der Waals surface area contributed by atoms with Crippen molar-refractivity contribution in [3.05, 3.63) is 30.1 Å². The van der Waals surface area contributed by atoms with Gasteiger partial charge in [0.1, 0.15) is 17.7 Å². The van der Waals surface area contributed by atoms with Gasteiger partial charge in [0, 0.05) is 0 Å². The van der Waals surface area contributed by atoms with Crippen LogP contribution in [0.2, 0.25) is 0 Å². The predicted molar refractivity (Wildman–Crippen MR) is 86.8 cm³/mol. The van der Waals surface area contributed by atoms with E-state index in [4.69, 9.17) is 4.74 Å². The van der Waals surface area contributed by atoms with Gasteiger partial charge >= 0.3 is 0 Å². The third kappa shape index (κ3) is 4.44. The van der Waals surface area contributed by atoms with Crippen LogP contribution in [0.5, 0.6) is 5.75 Å². The number of rotatable bonds is 7. The molecule has 2 fully saturated rings. The van der Waals surface area contributed by atoms with E-state index in [1.165, 1.54) is 25.0 Å². The van der Waals surface area contributed by atoms with Gasteiger partial charge in [-0.2, -0.15) is 0 Å². The fourth-order valence-electron chi connectivity index (χ4n) is 3.25. The zero-order valence-corrected chi connectivity index (χ0v) is 13.6. The van der Waals surface area contributed by atoms with Gasteiger partial charge in [-0.25, -0.2) is 4.39 Å². The standard InChI is InChI=1S/C18H25FN2O2/c1-13(23-16-8-6-15(19)7-9-16)12-20-18(22)17(14-4-5-14)21-10-2-3-11-21/h6-9,13-14,17H,2-5,10-12H2,1H3,(H,20,22)/t13-,17-/m1/s1. The van der Waals surface area contributed by atoms with Crippen molar-refractivity contribution < 1.29 is 13.9 Å². The van der Waals surface area contributed by atoms with Gasteiger partial charge in [-0.15, -0.1) is 0 Å². The van der Waals surface area contributed by atoms with Crippen molar-refractivity contribution in [1.29, 1.82) is 0 Å². The van der Waals surface area contributed by atoms with Crippen LogP contribution in [0.3, 0.4) is 0 Å². The Morgan fingerprint density at radius 3 is 2.57 bits per heavy atom. The van der Waals surface area contributed by atoms with Gasteiger partial charge in [-0.05, 0) is 75.9 Å². The molecule has 23 heavy (non-hydrogen) atoms. The maximum absolute atomic E-state index is 12.9. The number of ether oxygens (including phenoxy) is 1. The average Bonchev–Trinajstić information content (AvgIpc) is 3.22. The van der Waals surface area contributed by atoms with E-state index < -0.39 is 0 Å². The predicted octanol–water partition coefficient (Wildman–Crippen LogP) is 2.58. The average molecular weight is 320 g/mol. The maximum Gasteiger partial charge on any atom is 0.237 e. The second kappa shape index (κ2) is 7.30. The van der Waals surface area contributed by atoms with Crippen LogP contribution in [0.4, 0.5) is 4.39 Å². The third-order valence-electron chi connectivity index (χ3n) is 4.59. The number of nitrogens with zero attached hydrogens (tertiary/aromatic N) is 1. The van der Waals surface area contributed by atoms with Crippen molar-refractivity contribution in [2.45, 2.75) is 44.8 Å². The lowest BCUT2D eigenvalue weighted by atomic mass is 10.1. The van der Waals surface area contributed by atoms with E-state index in [0.717, 1.165) is 25.9 Å². The van der Waals surface area contributed by atoms with Crippen LogP contribution in [0.25, 0.3) is 0 Å². The molecule has 1 saturated heterocycles. The van der Waals surface area contributed by atoms with E-state index in [2.05, 4.69) is 10.2 Å². The molecule has 0 bridgehead atoms. The second-order valence-electron chi connectivity index (χ2n) is 6.65. The number of amides is 1. The molecule has 0 unspecified atom stereocenters. The van der Waals surface area contributed by atoms with Crippen LogP contribution in [-0.2, 0) is 4.79 Å². The molecule has 1 aromatic carbocycles. The quantitative estimate of drug-likeness (QED) is 0.839. The van der Waals surface area contributed by atoms with E-state index in [0.29, 0.717) is 18.2 Å². The number of hydrogen-bond donors (Lipinski definition) is 1. The van der Waals surface area contributed by atoms with Crippen LogP contribution in [0, 0.1) is 11.7 Å². The zero-order chi connectivity index (χ0) is 16.2. The number of halogens is 1. The molecule has 0 aromatic heterocycles. The number of nitrogens with one attached hydrogen (secondary N) is 1. The fourth-order valence-corrected chi connectivity index (χ4v) is 3.25. The Balaban J connectivity index is 1.48. The lowest BCUT2D eigenvalue weighted by Gasteiger charge is -2.27. The maximum atomic E-state index is 12.9. The summed E-state index contributed by atoms with van der Waals surface area (Å²) in [7, 11) is 0.